The van der Waals surface area contributed by atoms with E-state index in [2.05, 4.69) is 10.6 Å². The monoisotopic (exact) mass is 339 g/mol. The van der Waals surface area contributed by atoms with Crippen molar-refractivity contribution in [3.8, 4) is 17.2 Å². The normalized spacial score (nSPS) is 9.79. The average Bonchev–Trinajstić information content (AvgIpc) is 2.57. The van der Waals surface area contributed by atoms with Crippen molar-refractivity contribution in [1.82, 2.24) is 10.6 Å². The predicted octanol–water partition coefficient (Wildman–Crippen LogP) is -0.566. The molecule has 0 saturated carbocycles. The van der Waals surface area contributed by atoms with Gasteiger partial charge in [0.05, 0.1) is 20.8 Å². The number of nitrogens with two attached hydrogens (primary N) is 1. The molecule has 1 rings (SSSR count). The summed E-state index contributed by atoms with van der Waals surface area (Å²) in [7, 11) is 2.75. The summed E-state index contributed by atoms with van der Waals surface area (Å²) in [5.41, 5.74) is 5.25. The van der Waals surface area contributed by atoms with Gasteiger partial charge < -0.3 is 30.6 Å². The van der Waals surface area contributed by atoms with E-state index in [9.17, 15) is 14.4 Å². The molecule has 9 nitrogen and oxygen atoms in total. The molecule has 1 aromatic carbocycles. The second kappa shape index (κ2) is 9.23. The van der Waals surface area contributed by atoms with E-state index in [4.69, 9.17) is 19.9 Å². The number of carbonyl (C=O) groups excluding carboxylic acids is 3. The van der Waals surface area contributed by atoms with Crippen LogP contribution >= 0.6 is 0 Å². The van der Waals surface area contributed by atoms with E-state index in [1.165, 1.54) is 26.4 Å². The minimum atomic E-state index is -0.664. The fourth-order valence-electron chi connectivity index (χ4n) is 1.82. The van der Waals surface area contributed by atoms with Crippen molar-refractivity contribution in [3.63, 3.8) is 0 Å². The quantitative estimate of drug-likeness (QED) is 0.553. The molecule has 0 aliphatic rings. The van der Waals surface area contributed by atoms with Crippen LogP contribution in [0.2, 0.25) is 0 Å². The van der Waals surface area contributed by atoms with E-state index in [1.807, 2.05) is 0 Å². The molecule has 0 aromatic heterocycles. The largest absolute Gasteiger partial charge is 0.493 e. The van der Waals surface area contributed by atoms with Gasteiger partial charge in [-0.15, -0.1) is 0 Å². The Morgan fingerprint density at radius 1 is 1.08 bits per heavy atom. The molecule has 132 valence electrons. The van der Waals surface area contributed by atoms with E-state index < -0.39 is 11.8 Å². The number of rotatable bonds is 9. The summed E-state index contributed by atoms with van der Waals surface area (Å²) in [6.45, 7) is 1.73. The van der Waals surface area contributed by atoms with Gasteiger partial charge in [0.2, 0.25) is 11.7 Å². The number of benzene rings is 1. The van der Waals surface area contributed by atoms with Crippen molar-refractivity contribution < 1.29 is 28.6 Å². The first-order valence-electron chi connectivity index (χ1n) is 7.14. The summed E-state index contributed by atoms with van der Waals surface area (Å²) in [6.07, 6.45) is 0. The van der Waals surface area contributed by atoms with Crippen LogP contribution in [0.3, 0.4) is 0 Å². The van der Waals surface area contributed by atoms with Crippen LogP contribution in [0.15, 0.2) is 12.1 Å². The molecular formula is C15H21N3O6. The number of nitrogens with one attached hydrogen (secondary N) is 2. The van der Waals surface area contributed by atoms with Gasteiger partial charge in [0.25, 0.3) is 11.8 Å². The third-order valence-corrected chi connectivity index (χ3v) is 2.87. The Kier molecular flexibility index (Phi) is 7.34. The molecule has 0 bridgehead atoms. The highest BCUT2D eigenvalue weighted by molar-refractivity contribution is 5.97. The zero-order chi connectivity index (χ0) is 18.1. The number of hydrogen-bond acceptors (Lipinski definition) is 6. The molecule has 0 aliphatic carbocycles. The molecular weight excluding hydrogens is 318 g/mol. The van der Waals surface area contributed by atoms with Gasteiger partial charge >= 0.3 is 0 Å². The summed E-state index contributed by atoms with van der Waals surface area (Å²) in [5.74, 6) is -0.912. The van der Waals surface area contributed by atoms with Crippen LogP contribution in [0.5, 0.6) is 17.2 Å². The summed E-state index contributed by atoms with van der Waals surface area (Å²) in [5, 5.41) is 5.05. The Morgan fingerprint density at radius 3 is 2.12 bits per heavy atom. The molecule has 0 fully saturated rings. The van der Waals surface area contributed by atoms with Gasteiger partial charge in [-0.2, -0.15) is 0 Å². The number of amides is 3. The van der Waals surface area contributed by atoms with Crippen LogP contribution < -0.4 is 30.6 Å². The molecule has 1 aromatic rings. The van der Waals surface area contributed by atoms with Crippen LogP contribution in [0.1, 0.15) is 17.3 Å². The van der Waals surface area contributed by atoms with Gasteiger partial charge in [0, 0.05) is 12.1 Å². The van der Waals surface area contributed by atoms with Gasteiger partial charge in [-0.1, -0.05) is 0 Å². The smallest absolute Gasteiger partial charge is 0.255 e. The number of ether oxygens (including phenoxy) is 3. The fourth-order valence-corrected chi connectivity index (χ4v) is 1.82. The number of methoxy groups -OCH3 is 2. The van der Waals surface area contributed by atoms with Gasteiger partial charge in [0.15, 0.2) is 18.1 Å². The van der Waals surface area contributed by atoms with Gasteiger partial charge in [-0.3, -0.25) is 14.4 Å². The molecule has 24 heavy (non-hydrogen) atoms. The third-order valence-electron chi connectivity index (χ3n) is 2.87. The standard InChI is InChI=1S/C15H21N3O6/c1-4-17-13(20)7-18-15(21)9-5-10(22-2)14(11(6-9)23-3)24-8-12(16)19/h5-6H,4,7-8H2,1-3H3,(H2,16,19)(H,17,20)(H,18,21). The average molecular weight is 339 g/mol. The zero-order valence-electron chi connectivity index (χ0n) is 13.8. The Bertz CT molecular complexity index is 592. The molecule has 9 heteroatoms. The van der Waals surface area contributed by atoms with Crippen molar-refractivity contribution in [3.05, 3.63) is 17.7 Å². The Morgan fingerprint density at radius 2 is 1.67 bits per heavy atom. The Balaban J connectivity index is 2.98. The van der Waals surface area contributed by atoms with Crippen LogP contribution in [-0.2, 0) is 9.59 Å². The zero-order valence-corrected chi connectivity index (χ0v) is 13.8. The Labute approximate surface area is 139 Å². The first-order chi connectivity index (χ1) is 11.4. The van der Waals surface area contributed by atoms with E-state index in [-0.39, 0.29) is 41.9 Å². The molecule has 0 heterocycles. The molecule has 0 atom stereocenters. The van der Waals surface area contributed by atoms with Crippen molar-refractivity contribution in [1.29, 1.82) is 0 Å². The lowest BCUT2D eigenvalue weighted by Crippen LogP contribution is -2.36. The van der Waals surface area contributed by atoms with Crippen molar-refractivity contribution in [2.45, 2.75) is 6.92 Å². The molecule has 0 unspecified atom stereocenters. The third kappa shape index (κ3) is 5.34. The Hall–Kier alpha value is -2.97. The molecule has 0 radical (unpaired) electrons. The minimum Gasteiger partial charge on any atom is -0.493 e. The number of likely N-dealkylation sites (N-methyl/N-ethyl adjacent to an activating group) is 1. The van der Waals surface area contributed by atoms with Gasteiger partial charge in [-0.25, -0.2) is 0 Å². The lowest BCUT2D eigenvalue weighted by molar-refractivity contribution is -0.120. The van der Waals surface area contributed by atoms with Crippen LogP contribution in [-0.4, -0.2) is 51.6 Å². The summed E-state index contributed by atoms with van der Waals surface area (Å²) < 4.78 is 15.6. The molecule has 4 N–H and O–H groups in total. The maximum atomic E-state index is 12.1. The highest BCUT2D eigenvalue weighted by atomic mass is 16.5. The molecule has 0 spiro atoms. The maximum Gasteiger partial charge on any atom is 0.255 e. The van der Waals surface area contributed by atoms with Gasteiger partial charge in [0.1, 0.15) is 0 Å². The lowest BCUT2D eigenvalue weighted by atomic mass is 10.1. The molecule has 0 aliphatic heterocycles. The highest BCUT2D eigenvalue weighted by Crippen LogP contribution is 2.38. The topological polar surface area (TPSA) is 129 Å². The second-order valence-corrected chi connectivity index (χ2v) is 4.60. The fraction of sp³-hybridized carbons (Fsp3) is 0.400. The number of primary amides is 1. The molecule has 3 amide bonds. The van der Waals surface area contributed by atoms with E-state index in [0.29, 0.717) is 6.54 Å². The minimum absolute atomic E-state index is 0.152. The predicted molar refractivity (Wildman–Crippen MR) is 85.3 cm³/mol. The van der Waals surface area contributed by atoms with Gasteiger partial charge in [-0.05, 0) is 19.1 Å². The lowest BCUT2D eigenvalue weighted by Gasteiger charge is -2.15. The number of hydrogen-bond donors (Lipinski definition) is 3. The van der Waals surface area contributed by atoms with Crippen molar-refractivity contribution >= 4 is 17.7 Å². The summed E-state index contributed by atoms with van der Waals surface area (Å²) in [6, 6.07) is 2.82. The van der Waals surface area contributed by atoms with Crippen molar-refractivity contribution in [2.75, 3.05) is 33.9 Å². The van der Waals surface area contributed by atoms with E-state index in [1.54, 1.807) is 6.92 Å². The van der Waals surface area contributed by atoms with Crippen LogP contribution in [0.25, 0.3) is 0 Å². The van der Waals surface area contributed by atoms with E-state index in [0.717, 1.165) is 0 Å². The first kappa shape index (κ1) is 19.1. The summed E-state index contributed by atoms with van der Waals surface area (Å²) in [4.78, 5) is 34.4. The maximum absolute atomic E-state index is 12.1. The van der Waals surface area contributed by atoms with Crippen LogP contribution in [0, 0.1) is 0 Å². The van der Waals surface area contributed by atoms with E-state index >= 15 is 0 Å². The number of carbonyl (C=O) groups is 3. The molecule has 0 saturated heterocycles. The SMILES string of the molecule is CCNC(=O)CNC(=O)c1cc(OC)c(OCC(N)=O)c(OC)c1. The highest BCUT2D eigenvalue weighted by Gasteiger charge is 2.18. The van der Waals surface area contributed by atoms with Crippen molar-refractivity contribution in [2.24, 2.45) is 5.73 Å². The second-order valence-electron chi connectivity index (χ2n) is 4.60. The summed E-state index contributed by atoms with van der Waals surface area (Å²) >= 11 is 0. The first-order valence-corrected chi connectivity index (χ1v) is 7.14. The van der Waals surface area contributed by atoms with Crippen LogP contribution in [0.4, 0.5) is 0 Å².